The quantitative estimate of drug-likeness (QED) is 0.856. The molecule has 2 N–H and O–H groups in total. The monoisotopic (exact) mass is 333 g/mol. The van der Waals surface area contributed by atoms with Crippen molar-refractivity contribution in [1.82, 2.24) is 10.2 Å². The van der Waals surface area contributed by atoms with E-state index in [1.165, 1.54) is 0 Å². The summed E-state index contributed by atoms with van der Waals surface area (Å²) in [5, 5.41) is 6.13. The largest absolute Gasteiger partial charge is 0.482 e. The van der Waals surface area contributed by atoms with E-state index in [1.807, 2.05) is 36.9 Å². The van der Waals surface area contributed by atoms with E-state index in [1.54, 1.807) is 0 Å². The Morgan fingerprint density at radius 3 is 2.79 bits per heavy atom. The lowest BCUT2D eigenvalue weighted by Crippen LogP contribution is -2.49. The molecule has 0 spiro atoms. The minimum absolute atomic E-state index is 0.0332. The molecular weight excluding hydrogens is 310 g/mol. The van der Waals surface area contributed by atoms with E-state index in [-0.39, 0.29) is 30.5 Å². The number of rotatable bonds is 4. The molecule has 0 bridgehead atoms. The van der Waals surface area contributed by atoms with Crippen LogP contribution >= 0.6 is 0 Å². The molecule has 0 radical (unpaired) electrons. The van der Waals surface area contributed by atoms with Crippen LogP contribution in [0.5, 0.6) is 5.75 Å². The van der Waals surface area contributed by atoms with Gasteiger partial charge < -0.3 is 19.7 Å². The SMILES string of the molecule is C[C@H](N[C@H](C)C(=O)N1CCOCC1)c1ccc2c(c1)NC(=O)CO2. The van der Waals surface area contributed by atoms with Gasteiger partial charge in [0.1, 0.15) is 5.75 Å². The second-order valence-corrected chi connectivity index (χ2v) is 6.14. The van der Waals surface area contributed by atoms with Crippen molar-refractivity contribution in [3.8, 4) is 5.75 Å². The lowest BCUT2D eigenvalue weighted by atomic mass is 10.1. The molecule has 1 aromatic rings. The molecule has 2 amide bonds. The van der Waals surface area contributed by atoms with Gasteiger partial charge in [-0.3, -0.25) is 14.9 Å². The van der Waals surface area contributed by atoms with Crippen molar-refractivity contribution in [1.29, 1.82) is 0 Å². The number of hydrogen-bond donors (Lipinski definition) is 2. The van der Waals surface area contributed by atoms with Crippen molar-refractivity contribution in [2.45, 2.75) is 25.9 Å². The predicted molar refractivity (Wildman–Crippen MR) is 89.0 cm³/mol. The first-order chi connectivity index (χ1) is 11.5. The van der Waals surface area contributed by atoms with Gasteiger partial charge in [-0.2, -0.15) is 0 Å². The average molecular weight is 333 g/mol. The standard InChI is InChI=1S/C17H23N3O4/c1-11(18-12(2)17(22)20-5-7-23-8-6-20)13-3-4-15-14(9-13)19-16(21)10-24-15/h3-4,9,11-12,18H,5-8,10H2,1-2H3,(H,19,21)/t11-,12+/m0/s1. The van der Waals surface area contributed by atoms with Crippen molar-refractivity contribution >= 4 is 17.5 Å². The number of benzene rings is 1. The van der Waals surface area contributed by atoms with Gasteiger partial charge in [0, 0.05) is 19.1 Å². The third-order valence-corrected chi connectivity index (χ3v) is 4.33. The molecule has 130 valence electrons. The number of fused-ring (bicyclic) bond motifs is 1. The maximum Gasteiger partial charge on any atom is 0.262 e. The fraction of sp³-hybridized carbons (Fsp3) is 0.529. The molecule has 1 saturated heterocycles. The molecule has 2 aliphatic heterocycles. The number of anilines is 1. The van der Waals surface area contributed by atoms with Crippen molar-refractivity contribution < 1.29 is 19.1 Å². The molecule has 0 aliphatic carbocycles. The number of nitrogens with one attached hydrogen (secondary N) is 2. The summed E-state index contributed by atoms with van der Waals surface area (Å²) in [4.78, 5) is 25.7. The molecule has 24 heavy (non-hydrogen) atoms. The number of morpholine rings is 1. The van der Waals surface area contributed by atoms with Crippen LogP contribution in [0.4, 0.5) is 5.69 Å². The van der Waals surface area contributed by atoms with Crippen LogP contribution < -0.4 is 15.4 Å². The lowest BCUT2D eigenvalue weighted by molar-refractivity contribution is -0.137. The van der Waals surface area contributed by atoms with E-state index in [0.29, 0.717) is 37.7 Å². The van der Waals surface area contributed by atoms with Crippen LogP contribution in [0, 0.1) is 0 Å². The number of nitrogens with zero attached hydrogens (tertiary/aromatic N) is 1. The first-order valence-electron chi connectivity index (χ1n) is 8.24. The maximum atomic E-state index is 12.5. The number of carbonyl (C=O) groups is 2. The van der Waals surface area contributed by atoms with Crippen LogP contribution in [0.1, 0.15) is 25.5 Å². The molecule has 7 heteroatoms. The molecule has 2 atom stereocenters. The van der Waals surface area contributed by atoms with Gasteiger partial charge >= 0.3 is 0 Å². The predicted octanol–water partition coefficient (Wildman–Crippen LogP) is 0.915. The molecule has 1 fully saturated rings. The highest BCUT2D eigenvalue weighted by Gasteiger charge is 2.24. The van der Waals surface area contributed by atoms with Gasteiger partial charge in [-0.05, 0) is 31.5 Å². The highest BCUT2D eigenvalue weighted by molar-refractivity contribution is 5.95. The zero-order valence-electron chi connectivity index (χ0n) is 14.0. The Hall–Kier alpha value is -2.12. The Morgan fingerprint density at radius 1 is 1.29 bits per heavy atom. The molecule has 7 nitrogen and oxygen atoms in total. The Morgan fingerprint density at radius 2 is 2.04 bits per heavy atom. The van der Waals surface area contributed by atoms with Crippen molar-refractivity contribution in [2.75, 3.05) is 38.2 Å². The summed E-state index contributed by atoms with van der Waals surface area (Å²) in [6, 6.07) is 5.35. The summed E-state index contributed by atoms with van der Waals surface area (Å²) < 4.78 is 10.6. The smallest absolute Gasteiger partial charge is 0.262 e. The summed E-state index contributed by atoms with van der Waals surface area (Å²) >= 11 is 0. The Balaban J connectivity index is 1.63. The highest BCUT2D eigenvalue weighted by atomic mass is 16.5. The first-order valence-corrected chi connectivity index (χ1v) is 8.24. The van der Waals surface area contributed by atoms with Gasteiger partial charge in [0.15, 0.2) is 6.61 Å². The first kappa shape index (κ1) is 16.7. The van der Waals surface area contributed by atoms with Gasteiger partial charge in [0.05, 0.1) is 24.9 Å². The molecule has 2 heterocycles. The Labute approximate surface area is 141 Å². The van der Waals surface area contributed by atoms with Crippen LogP contribution in [0.25, 0.3) is 0 Å². The molecule has 0 aromatic heterocycles. The van der Waals surface area contributed by atoms with Gasteiger partial charge in [-0.1, -0.05) is 6.07 Å². The van der Waals surface area contributed by atoms with E-state index in [2.05, 4.69) is 10.6 Å². The van der Waals surface area contributed by atoms with Crippen LogP contribution in [0.15, 0.2) is 18.2 Å². The summed E-state index contributed by atoms with van der Waals surface area (Å²) in [5.41, 5.74) is 1.66. The number of carbonyl (C=O) groups excluding carboxylic acids is 2. The molecule has 1 aromatic carbocycles. The van der Waals surface area contributed by atoms with E-state index >= 15 is 0 Å². The molecule has 2 aliphatic rings. The topological polar surface area (TPSA) is 79.9 Å². The molecular formula is C17H23N3O4. The average Bonchev–Trinajstić information content (AvgIpc) is 2.61. The van der Waals surface area contributed by atoms with Crippen molar-refractivity contribution in [3.63, 3.8) is 0 Å². The van der Waals surface area contributed by atoms with Crippen molar-refractivity contribution in [3.05, 3.63) is 23.8 Å². The normalized spacial score (nSPS) is 19.8. The summed E-state index contributed by atoms with van der Waals surface area (Å²) in [6.07, 6.45) is 0. The van der Waals surface area contributed by atoms with Crippen LogP contribution in [-0.4, -0.2) is 55.7 Å². The fourth-order valence-electron chi connectivity index (χ4n) is 2.97. The second kappa shape index (κ2) is 7.19. The fourth-order valence-corrected chi connectivity index (χ4v) is 2.97. The summed E-state index contributed by atoms with van der Waals surface area (Å²) in [6.45, 7) is 6.39. The Bertz CT molecular complexity index is 628. The van der Waals surface area contributed by atoms with Crippen LogP contribution in [0.2, 0.25) is 0 Å². The number of amides is 2. The highest BCUT2D eigenvalue weighted by Crippen LogP contribution is 2.30. The van der Waals surface area contributed by atoms with E-state index < -0.39 is 0 Å². The zero-order chi connectivity index (χ0) is 17.1. The van der Waals surface area contributed by atoms with Gasteiger partial charge in [0.25, 0.3) is 5.91 Å². The minimum Gasteiger partial charge on any atom is -0.482 e. The van der Waals surface area contributed by atoms with Gasteiger partial charge in [0.2, 0.25) is 5.91 Å². The molecule has 3 rings (SSSR count). The summed E-state index contributed by atoms with van der Waals surface area (Å²) in [5.74, 6) is 0.596. The molecule has 0 unspecified atom stereocenters. The van der Waals surface area contributed by atoms with Crippen LogP contribution in [-0.2, 0) is 14.3 Å². The number of ether oxygens (including phenoxy) is 2. The minimum atomic E-state index is -0.292. The van der Waals surface area contributed by atoms with E-state index in [0.717, 1.165) is 5.56 Å². The zero-order valence-corrected chi connectivity index (χ0v) is 14.0. The van der Waals surface area contributed by atoms with E-state index in [9.17, 15) is 9.59 Å². The third kappa shape index (κ3) is 3.68. The lowest BCUT2D eigenvalue weighted by Gasteiger charge is -2.30. The third-order valence-electron chi connectivity index (χ3n) is 4.33. The van der Waals surface area contributed by atoms with E-state index in [4.69, 9.17) is 9.47 Å². The van der Waals surface area contributed by atoms with Gasteiger partial charge in [-0.25, -0.2) is 0 Å². The maximum absolute atomic E-state index is 12.5. The molecule has 0 saturated carbocycles. The van der Waals surface area contributed by atoms with Crippen molar-refractivity contribution in [2.24, 2.45) is 0 Å². The summed E-state index contributed by atoms with van der Waals surface area (Å²) in [7, 11) is 0. The van der Waals surface area contributed by atoms with Gasteiger partial charge in [-0.15, -0.1) is 0 Å². The number of hydrogen-bond acceptors (Lipinski definition) is 5. The Kier molecular flexibility index (Phi) is 5.01. The second-order valence-electron chi connectivity index (χ2n) is 6.14. The van der Waals surface area contributed by atoms with Crippen LogP contribution in [0.3, 0.4) is 0 Å².